The minimum absolute atomic E-state index is 0.244. The highest BCUT2D eigenvalue weighted by molar-refractivity contribution is 5.94. The first kappa shape index (κ1) is 17.2. The number of halogens is 3. The van der Waals surface area contributed by atoms with Gasteiger partial charge in [0.15, 0.2) is 0 Å². The Kier molecular flexibility index (Phi) is 4.83. The summed E-state index contributed by atoms with van der Waals surface area (Å²) < 4.78 is 37.7. The van der Waals surface area contributed by atoms with E-state index in [1.807, 2.05) is 0 Å². The zero-order valence-corrected chi connectivity index (χ0v) is 13.3. The number of amides is 1. The molecule has 1 atom stereocenters. The summed E-state index contributed by atoms with van der Waals surface area (Å²) in [6.45, 7) is 3.04. The highest BCUT2D eigenvalue weighted by Gasteiger charge is 2.33. The molecule has 3 rings (SSSR count). The maximum absolute atomic E-state index is 12.6. The molecule has 0 aromatic heterocycles. The van der Waals surface area contributed by atoms with E-state index in [9.17, 15) is 23.1 Å². The first-order valence-electron chi connectivity index (χ1n) is 8.21. The number of nitrogens with zero attached hydrogens (tertiary/aromatic N) is 2. The Morgan fingerprint density at radius 2 is 1.71 bits per heavy atom. The Bertz CT molecular complexity index is 576. The van der Waals surface area contributed by atoms with Crippen molar-refractivity contribution in [1.29, 1.82) is 0 Å². The van der Waals surface area contributed by atoms with Crippen molar-refractivity contribution in [3.05, 3.63) is 35.4 Å². The second-order valence-electron chi connectivity index (χ2n) is 6.57. The lowest BCUT2D eigenvalue weighted by Crippen LogP contribution is -2.50. The highest BCUT2D eigenvalue weighted by atomic mass is 19.4. The number of aliphatic hydroxyl groups is 1. The number of piperazine rings is 1. The van der Waals surface area contributed by atoms with Crippen molar-refractivity contribution < 1.29 is 23.1 Å². The van der Waals surface area contributed by atoms with Crippen LogP contribution in [-0.2, 0) is 6.18 Å². The summed E-state index contributed by atoms with van der Waals surface area (Å²) in [7, 11) is 0. The SMILES string of the molecule is O=C(c1ccc(C(F)(F)F)cc1)N1CCN(C[C@@H](O)C2CC2)CC1. The molecule has 0 spiro atoms. The molecule has 1 aromatic carbocycles. The molecule has 2 aliphatic rings. The zero-order valence-electron chi connectivity index (χ0n) is 13.3. The van der Waals surface area contributed by atoms with Gasteiger partial charge in [0.2, 0.25) is 0 Å². The third-order valence-electron chi connectivity index (χ3n) is 4.73. The van der Waals surface area contributed by atoms with Crippen LogP contribution in [0.25, 0.3) is 0 Å². The Labute approximate surface area is 138 Å². The van der Waals surface area contributed by atoms with Crippen LogP contribution in [0.5, 0.6) is 0 Å². The van der Waals surface area contributed by atoms with Crippen LogP contribution in [-0.4, -0.2) is 59.6 Å². The maximum atomic E-state index is 12.6. The van der Waals surface area contributed by atoms with Gasteiger partial charge >= 0.3 is 6.18 Å². The van der Waals surface area contributed by atoms with E-state index >= 15 is 0 Å². The van der Waals surface area contributed by atoms with Gasteiger partial charge < -0.3 is 10.0 Å². The van der Waals surface area contributed by atoms with Crippen molar-refractivity contribution in [3.63, 3.8) is 0 Å². The number of aliphatic hydroxyl groups excluding tert-OH is 1. The number of benzene rings is 1. The third-order valence-corrected chi connectivity index (χ3v) is 4.73. The van der Waals surface area contributed by atoms with Crippen LogP contribution >= 0.6 is 0 Å². The van der Waals surface area contributed by atoms with Gasteiger partial charge in [-0.15, -0.1) is 0 Å². The molecule has 1 aliphatic carbocycles. The summed E-state index contributed by atoms with van der Waals surface area (Å²) in [5, 5.41) is 9.97. The van der Waals surface area contributed by atoms with Crippen LogP contribution in [0.3, 0.4) is 0 Å². The normalized spacial score (nSPS) is 20.9. The lowest BCUT2D eigenvalue weighted by atomic mass is 10.1. The fourth-order valence-corrected chi connectivity index (χ4v) is 3.01. The van der Waals surface area contributed by atoms with Crippen molar-refractivity contribution >= 4 is 5.91 Å². The van der Waals surface area contributed by atoms with E-state index in [4.69, 9.17) is 0 Å². The third kappa shape index (κ3) is 4.08. The van der Waals surface area contributed by atoms with E-state index in [0.29, 0.717) is 38.6 Å². The molecule has 132 valence electrons. The zero-order chi connectivity index (χ0) is 17.3. The van der Waals surface area contributed by atoms with E-state index in [0.717, 1.165) is 25.0 Å². The van der Waals surface area contributed by atoms with Crippen LogP contribution in [0.1, 0.15) is 28.8 Å². The number of rotatable bonds is 4. The lowest BCUT2D eigenvalue weighted by molar-refractivity contribution is -0.137. The first-order valence-corrected chi connectivity index (χ1v) is 8.21. The summed E-state index contributed by atoms with van der Waals surface area (Å²) in [6, 6.07) is 4.34. The topological polar surface area (TPSA) is 43.8 Å². The fourth-order valence-electron chi connectivity index (χ4n) is 3.01. The summed E-state index contributed by atoms with van der Waals surface area (Å²) in [4.78, 5) is 16.2. The minimum atomic E-state index is -4.39. The van der Waals surface area contributed by atoms with Crippen molar-refractivity contribution in [2.75, 3.05) is 32.7 Å². The predicted octanol–water partition coefficient (Wildman–Crippen LogP) is 2.23. The minimum Gasteiger partial charge on any atom is -0.392 e. The van der Waals surface area contributed by atoms with Gasteiger partial charge in [0.25, 0.3) is 5.91 Å². The van der Waals surface area contributed by atoms with Gasteiger partial charge in [0.1, 0.15) is 0 Å². The van der Waals surface area contributed by atoms with Crippen molar-refractivity contribution in [3.8, 4) is 0 Å². The van der Waals surface area contributed by atoms with Gasteiger partial charge in [-0.2, -0.15) is 13.2 Å². The van der Waals surface area contributed by atoms with E-state index in [-0.39, 0.29) is 17.6 Å². The van der Waals surface area contributed by atoms with Gasteiger partial charge in [0.05, 0.1) is 11.7 Å². The van der Waals surface area contributed by atoms with Crippen molar-refractivity contribution in [2.24, 2.45) is 5.92 Å². The molecular formula is C17H21F3N2O2. The van der Waals surface area contributed by atoms with Crippen LogP contribution < -0.4 is 0 Å². The summed E-state index contributed by atoms with van der Waals surface area (Å²) in [5.41, 5.74) is -0.479. The lowest BCUT2D eigenvalue weighted by Gasteiger charge is -2.35. The Morgan fingerprint density at radius 3 is 2.21 bits per heavy atom. The van der Waals surface area contributed by atoms with E-state index in [2.05, 4.69) is 4.90 Å². The van der Waals surface area contributed by atoms with Crippen molar-refractivity contribution in [2.45, 2.75) is 25.1 Å². The largest absolute Gasteiger partial charge is 0.416 e. The van der Waals surface area contributed by atoms with E-state index in [1.165, 1.54) is 12.1 Å². The van der Waals surface area contributed by atoms with Gasteiger partial charge in [-0.3, -0.25) is 9.69 Å². The summed E-state index contributed by atoms with van der Waals surface area (Å²) in [6.07, 6.45) is -2.50. The molecule has 1 heterocycles. The van der Waals surface area contributed by atoms with Gasteiger partial charge in [-0.25, -0.2) is 0 Å². The second kappa shape index (κ2) is 6.72. The molecule has 1 N–H and O–H groups in total. The molecule has 1 aromatic rings. The molecule has 1 saturated carbocycles. The van der Waals surface area contributed by atoms with Crippen LogP contribution in [0.4, 0.5) is 13.2 Å². The number of β-amino-alcohol motifs (C(OH)–C–C–N with tert-alkyl or cyclic N) is 1. The molecule has 1 aliphatic heterocycles. The molecule has 1 saturated heterocycles. The average Bonchev–Trinajstić information content (AvgIpc) is 3.39. The molecular weight excluding hydrogens is 321 g/mol. The number of hydrogen-bond acceptors (Lipinski definition) is 3. The number of carbonyl (C=O) groups is 1. The van der Waals surface area contributed by atoms with Gasteiger partial charge in [-0.1, -0.05) is 0 Å². The maximum Gasteiger partial charge on any atom is 0.416 e. The fraction of sp³-hybridized carbons (Fsp3) is 0.588. The second-order valence-corrected chi connectivity index (χ2v) is 6.57. The Balaban J connectivity index is 1.53. The first-order chi connectivity index (χ1) is 11.3. The molecule has 0 unspecified atom stereocenters. The standard InChI is InChI=1S/C17H21F3N2O2/c18-17(19,20)14-5-3-13(4-6-14)16(24)22-9-7-21(8-10-22)11-15(23)12-1-2-12/h3-6,12,15,23H,1-2,7-11H2/t15-/m1/s1. The molecule has 1 amide bonds. The average molecular weight is 342 g/mol. The molecule has 7 heteroatoms. The van der Waals surface area contributed by atoms with Gasteiger partial charge in [-0.05, 0) is 43.0 Å². The molecule has 4 nitrogen and oxygen atoms in total. The van der Waals surface area contributed by atoms with Gasteiger partial charge in [0, 0.05) is 38.3 Å². The quantitative estimate of drug-likeness (QED) is 0.913. The smallest absolute Gasteiger partial charge is 0.392 e. The highest BCUT2D eigenvalue weighted by Crippen LogP contribution is 2.33. The molecule has 0 radical (unpaired) electrons. The van der Waals surface area contributed by atoms with Crippen LogP contribution in [0.15, 0.2) is 24.3 Å². The van der Waals surface area contributed by atoms with E-state index in [1.54, 1.807) is 4.90 Å². The number of alkyl halides is 3. The van der Waals surface area contributed by atoms with Crippen LogP contribution in [0.2, 0.25) is 0 Å². The Morgan fingerprint density at radius 1 is 1.12 bits per heavy atom. The number of hydrogen-bond donors (Lipinski definition) is 1. The molecule has 2 fully saturated rings. The summed E-state index contributed by atoms with van der Waals surface area (Å²) in [5.74, 6) is 0.183. The Hall–Kier alpha value is -1.60. The monoisotopic (exact) mass is 342 g/mol. The van der Waals surface area contributed by atoms with Crippen molar-refractivity contribution in [1.82, 2.24) is 9.80 Å². The summed E-state index contributed by atoms with van der Waals surface area (Å²) >= 11 is 0. The van der Waals surface area contributed by atoms with E-state index < -0.39 is 11.7 Å². The molecule has 0 bridgehead atoms. The number of carbonyl (C=O) groups excluding carboxylic acids is 1. The van der Waals surface area contributed by atoms with Crippen LogP contribution in [0, 0.1) is 5.92 Å². The predicted molar refractivity (Wildman–Crippen MR) is 82.5 cm³/mol. The molecule has 24 heavy (non-hydrogen) atoms.